The summed E-state index contributed by atoms with van der Waals surface area (Å²) < 4.78 is 4.96. The van der Waals surface area contributed by atoms with Crippen molar-refractivity contribution in [2.75, 3.05) is 0 Å². The van der Waals surface area contributed by atoms with Crippen LogP contribution < -0.4 is 0 Å². The van der Waals surface area contributed by atoms with Gasteiger partial charge >= 0.3 is 5.97 Å². The van der Waals surface area contributed by atoms with E-state index in [-0.39, 0.29) is 5.69 Å². The Hall–Kier alpha value is -1.62. The summed E-state index contributed by atoms with van der Waals surface area (Å²) in [6.45, 7) is 2.04. The van der Waals surface area contributed by atoms with Gasteiger partial charge in [-0.3, -0.25) is 0 Å². The zero-order chi connectivity index (χ0) is 11.5. The van der Waals surface area contributed by atoms with Gasteiger partial charge < -0.3 is 9.52 Å². The second-order valence-electron chi connectivity index (χ2n) is 3.35. The third-order valence-corrected chi connectivity index (χ3v) is 3.29. The Bertz CT molecular complexity index is 487. The predicted molar refractivity (Wildman–Crippen MR) is 60.8 cm³/mol. The lowest BCUT2D eigenvalue weighted by Crippen LogP contribution is -1.98. The van der Waals surface area contributed by atoms with Gasteiger partial charge in [0.05, 0.1) is 22.4 Å². The third kappa shape index (κ3) is 1.99. The van der Waals surface area contributed by atoms with Crippen molar-refractivity contribution in [2.45, 2.75) is 19.8 Å². The summed E-state index contributed by atoms with van der Waals surface area (Å²) >= 11 is 1.42. The normalized spacial score (nSPS) is 10.6. The fourth-order valence-electron chi connectivity index (χ4n) is 1.42. The molecule has 16 heavy (non-hydrogen) atoms. The summed E-state index contributed by atoms with van der Waals surface area (Å²) in [6.07, 6.45) is 4.83. The van der Waals surface area contributed by atoms with E-state index >= 15 is 0 Å². The van der Waals surface area contributed by atoms with Gasteiger partial charge in [0.15, 0.2) is 5.69 Å². The number of rotatable bonds is 4. The molecule has 0 saturated carbocycles. The van der Waals surface area contributed by atoms with Gasteiger partial charge in [-0.25, -0.2) is 9.78 Å². The van der Waals surface area contributed by atoms with E-state index in [0.29, 0.717) is 4.88 Å². The molecule has 2 aromatic rings. The maximum absolute atomic E-state index is 11.0. The number of carboxylic acids is 1. The number of hydrogen-bond acceptors (Lipinski definition) is 4. The van der Waals surface area contributed by atoms with Gasteiger partial charge in [0.2, 0.25) is 0 Å². The number of furan rings is 1. The Morgan fingerprint density at radius 3 is 3.00 bits per heavy atom. The van der Waals surface area contributed by atoms with Crippen molar-refractivity contribution in [3.8, 4) is 10.4 Å². The Kier molecular flexibility index (Phi) is 3.05. The topological polar surface area (TPSA) is 63.3 Å². The minimum atomic E-state index is -0.991. The van der Waals surface area contributed by atoms with Crippen LogP contribution in [0.2, 0.25) is 0 Å². The first-order chi connectivity index (χ1) is 7.72. The highest BCUT2D eigenvalue weighted by molar-refractivity contribution is 7.15. The van der Waals surface area contributed by atoms with Gasteiger partial charge in [-0.15, -0.1) is 11.3 Å². The number of hydrogen-bond donors (Lipinski definition) is 1. The predicted octanol–water partition coefficient (Wildman–Crippen LogP) is 3.05. The fraction of sp³-hybridized carbons (Fsp3) is 0.273. The molecule has 0 aromatic carbocycles. The van der Waals surface area contributed by atoms with Crippen LogP contribution in [0.1, 0.15) is 28.8 Å². The molecule has 0 aliphatic heterocycles. The zero-order valence-corrected chi connectivity index (χ0v) is 9.58. The minimum Gasteiger partial charge on any atom is -0.476 e. The molecule has 2 rings (SSSR count). The summed E-state index contributed by atoms with van der Waals surface area (Å²) in [5.74, 6) is -0.991. The van der Waals surface area contributed by atoms with Crippen molar-refractivity contribution in [1.29, 1.82) is 0 Å². The summed E-state index contributed by atoms with van der Waals surface area (Å²) in [4.78, 5) is 15.9. The molecule has 0 radical (unpaired) electrons. The van der Waals surface area contributed by atoms with Crippen molar-refractivity contribution >= 4 is 17.3 Å². The van der Waals surface area contributed by atoms with Gasteiger partial charge in [-0.2, -0.15) is 0 Å². The Labute approximate surface area is 96.6 Å². The number of aromatic nitrogens is 1. The van der Waals surface area contributed by atoms with E-state index in [0.717, 1.165) is 23.4 Å². The molecule has 0 aliphatic rings. The molecule has 0 aliphatic carbocycles. The van der Waals surface area contributed by atoms with Crippen LogP contribution in [0.4, 0.5) is 0 Å². The summed E-state index contributed by atoms with van der Waals surface area (Å²) in [5.41, 5.74) is 0.895. The van der Waals surface area contributed by atoms with Crippen LogP contribution in [-0.2, 0) is 6.42 Å². The number of carbonyl (C=O) groups is 1. The fourth-order valence-corrected chi connectivity index (χ4v) is 2.56. The molecule has 0 bridgehead atoms. The minimum absolute atomic E-state index is 0.120. The highest BCUT2D eigenvalue weighted by Gasteiger charge is 2.18. The third-order valence-electron chi connectivity index (χ3n) is 2.12. The summed E-state index contributed by atoms with van der Waals surface area (Å²) in [6, 6.07) is 1.75. The van der Waals surface area contributed by atoms with Crippen LogP contribution in [0.25, 0.3) is 10.4 Å². The average molecular weight is 237 g/mol. The molecule has 0 saturated heterocycles. The van der Waals surface area contributed by atoms with Crippen molar-refractivity contribution in [2.24, 2.45) is 0 Å². The standard InChI is InChI=1S/C11H11NO3S/c1-2-3-8-12-9(11(13)14)10(16-8)7-4-5-15-6-7/h4-6H,2-3H2,1H3,(H,13,14). The van der Waals surface area contributed by atoms with E-state index in [1.165, 1.54) is 23.9 Å². The van der Waals surface area contributed by atoms with Crippen LogP contribution in [0.15, 0.2) is 23.0 Å². The maximum Gasteiger partial charge on any atom is 0.356 e. The van der Waals surface area contributed by atoms with Crippen molar-refractivity contribution in [3.63, 3.8) is 0 Å². The quantitative estimate of drug-likeness (QED) is 0.887. The molecule has 84 valence electrons. The molecule has 1 N–H and O–H groups in total. The Balaban J connectivity index is 2.46. The Morgan fingerprint density at radius 1 is 1.62 bits per heavy atom. The summed E-state index contributed by atoms with van der Waals surface area (Å²) in [7, 11) is 0. The first-order valence-electron chi connectivity index (χ1n) is 4.98. The van der Waals surface area contributed by atoms with Gasteiger partial charge in [0.25, 0.3) is 0 Å². The van der Waals surface area contributed by atoms with Crippen LogP contribution in [0.3, 0.4) is 0 Å². The van der Waals surface area contributed by atoms with E-state index in [9.17, 15) is 4.79 Å². The van der Waals surface area contributed by atoms with Crippen molar-refractivity contribution in [3.05, 3.63) is 29.3 Å². The van der Waals surface area contributed by atoms with Gasteiger partial charge in [-0.05, 0) is 18.9 Å². The SMILES string of the molecule is CCCc1nc(C(=O)O)c(-c2ccoc2)s1. The number of aromatic carboxylic acids is 1. The second kappa shape index (κ2) is 4.49. The first-order valence-corrected chi connectivity index (χ1v) is 5.79. The van der Waals surface area contributed by atoms with Gasteiger partial charge in [0.1, 0.15) is 0 Å². The molecular formula is C11H11NO3S. The molecule has 4 nitrogen and oxygen atoms in total. The van der Waals surface area contributed by atoms with E-state index in [1.54, 1.807) is 6.07 Å². The average Bonchev–Trinajstić information content (AvgIpc) is 2.83. The number of nitrogens with zero attached hydrogens (tertiary/aromatic N) is 1. The van der Waals surface area contributed by atoms with Crippen molar-refractivity contribution in [1.82, 2.24) is 4.98 Å². The molecule has 0 spiro atoms. The largest absolute Gasteiger partial charge is 0.476 e. The molecule has 0 fully saturated rings. The van der Waals surface area contributed by atoms with E-state index < -0.39 is 5.97 Å². The Morgan fingerprint density at radius 2 is 2.44 bits per heavy atom. The zero-order valence-electron chi connectivity index (χ0n) is 8.77. The summed E-state index contributed by atoms with van der Waals surface area (Å²) in [5, 5.41) is 9.92. The molecule has 0 atom stereocenters. The molecule has 0 amide bonds. The van der Waals surface area contributed by atoms with Crippen LogP contribution in [0, 0.1) is 0 Å². The van der Waals surface area contributed by atoms with Gasteiger partial charge in [-0.1, -0.05) is 6.92 Å². The smallest absolute Gasteiger partial charge is 0.356 e. The number of aryl methyl sites for hydroxylation is 1. The van der Waals surface area contributed by atoms with Gasteiger partial charge in [0, 0.05) is 5.56 Å². The molecule has 2 heterocycles. The van der Waals surface area contributed by atoms with Crippen molar-refractivity contribution < 1.29 is 14.3 Å². The van der Waals surface area contributed by atoms with Crippen LogP contribution in [-0.4, -0.2) is 16.1 Å². The second-order valence-corrected chi connectivity index (χ2v) is 4.44. The van der Waals surface area contributed by atoms with E-state index in [4.69, 9.17) is 9.52 Å². The maximum atomic E-state index is 11.0. The highest BCUT2D eigenvalue weighted by Crippen LogP contribution is 2.31. The number of thiazole rings is 1. The lowest BCUT2D eigenvalue weighted by molar-refractivity contribution is 0.0692. The van der Waals surface area contributed by atoms with E-state index in [1.807, 2.05) is 6.92 Å². The van der Waals surface area contributed by atoms with Crippen LogP contribution >= 0.6 is 11.3 Å². The molecular weight excluding hydrogens is 226 g/mol. The monoisotopic (exact) mass is 237 g/mol. The molecule has 5 heteroatoms. The van der Waals surface area contributed by atoms with Crippen LogP contribution in [0.5, 0.6) is 0 Å². The van der Waals surface area contributed by atoms with E-state index in [2.05, 4.69) is 4.98 Å². The lowest BCUT2D eigenvalue weighted by atomic mass is 10.2. The molecule has 2 aromatic heterocycles. The lowest BCUT2D eigenvalue weighted by Gasteiger charge is -1.91. The first kappa shape index (κ1) is 10.9. The highest BCUT2D eigenvalue weighted by atomic mass is 32.1. The molecule has 0 unspecified atom stereocenters. The number of carboxylic acid groups (broad SMARTS) is 1.